The third-order valence-electron chi connectivity index (χ3n) is 2.68. The van der Waals surface area contributed by atoms with E-state index >= 15 is 0 Å². The fourth-order valence-electron chi connectivity index (χ4n) is 1.92. The monoisotopic (exact) mass is 211 g/mol. The lowest BCUT2D eigenvalue weighted by atomic mass is 10.1. The van der Waals surface area contributed by atoms with Gasteiger partial charge in [-0.1, -0.05) is 30.3 Å². The second-order valence-corrected chi connectivity index (χ2v) is 3.66. The van der Waals surface area contributed by atoms with Gasteiger partial charge in [0.1, 0.15) is 0 Å². The molecule has 3 nitrogen and oxygen atoms in total. The predicted octanol–water partition coefficient (Wildman–Crippen LogP) is 2.53. The number of hydrogen-bond acceptors (Lipinski definition) is 3. The largest absolute Gasteiger partial charge is 0.420 e. The first-order valence-electron chi connectivity index (χ1n) is 4.97. The second kappa shape index (κ2) is 3.10. The van der Waals surface area contributed by atoms with E-state index in [2.05, 4.69) is 0 Å². The third-order valence-corrected chi connectivity index (χ3v) is 2.68. The standard InChI is InChI=1S/C13H9NO2/c14-11-7-3-6-9-8-4-1-2-5-10(8)13(15)16-12(9)11/h1-7H,14H2. The van der Waals surface area contributed by atoms with E-state index in [1.807, 2.05) is 30.3 Å². The van der Waals surface area contributed by atoms with Gasteiger partial charge in [-0.2, -0.15) is 0 Å². The lowest BCUT2D eigenvalue weighted by Crippen LogP contribution is -2.00. The van der Waals surface area contributed by atoms with Crippen molar-refractivity contribution in [3.8, 4) is 0 Å². The Morgan fingerprint density at radius 3 is 2.38 bits per heavy atom. The summed E-state index contributed by atoms with van der Waals surface area (Å²) in [7, 11) is 0. The Kier molecular flexibility index (Phi) is 1.74. The van der Waals surface area contributed by atoms with Crippen LogP contribution in [0.4, 0.5) is 5.69 Å². The Labute approximate surface area is 91.1 Å². The number of nitrogens with two attached hydrogens (primary N) is 1. The zero-order chi connectivity index (χ0) is 11.1. The van der Waals surface area contributed by atoms with Gasteiger partial charge in [-0.15, -0.1) is 0 Å². The molecule has 2 aromatic carbocycles. The molecule has 3 rings (SSSR count). The zero-order valence-electron chi connectivity index (χ0n) is 8.44. The number of fused-ring (bicyclic) bond motifs is 3. The van der Waals surface area contributed by atoms with Gasteiger partial charge in [0.2, 0.25) is 0 Å². The minimum Gasteiger partial charge on any atom is -0.420 e. The maximum absolute atomic E-state index is 11.7. The Morgan fingerprint density at radius 2 is 1.56 bits per heavy atom. The van der Waals surface area contributed by atoms with Crippen molar-refractivity contribution in [2.24, 2.45) is 0 Å². The first-order chi connectivity index (χ1) is 7.77. The van der Waals surface area contributed by atoms with E-state index in [0.29, 0.717) is 16.7 Å². The molecule has 0 atom stereocenters. The van der Waals surface area contributed by atoms with Gasteiger partial charge in [0, 0.05) is 5.39 Å². The van der Waals surface area contributed by atoms with Gasteiger partial charge >= 0.3 is 5.63 Å². The normalized spacial score (nSPS) is 11.0. The SMILES string of the molecule is Nc1cccc2c1oc(=O)c1ccccc12. The van der Waals surface area contributed by atoms with Crippen molar-refractivity contribution in [1.29, 1.82) is 0 Å². The summed E-state index contributed by atoms with van der Waals surface area (Å²) in [6.45, 7) is 0. The van der Waals surface area contributed by atoms with Crippen LogP contribution in [0.25, 0.3) is 21.7 Å². The Balaban J connectivity index is 2.70. The summed E-state index contributed by atoms with van der Waals surface area (Å²) in [6.07, 6.45) is 0. The lowest BCUT2D eigenvalue weighted by molar-refractivity contribution is 0.571. The van der Waals surface area contributed by atoms with Crippen molar-refractivity contribution >= 4 is 27.4 Å². The van der Waals surface area contributed by atoms with Crippen LogP contribution in [0.1, 0.15) is 0 Å². The minimum absolute atomic E-state index is 0.346. The van der Waals surface area contributed by atoms with Crippen LogP contribution in [0.15, 0.2) is 51.7 Å². The number of nitrogen functional groups attached to an aromatic ring is 1. The minimum atomic E-state index is -0.346. The van der Waals surface area contributed by atoms with E-state index in [1.165, 1.54) is 0 Å². The molecular formula is C13H9NO2. The van der Waals surface area contributed by atoms with E-state index in [-0.39, 0.29) is 5.63 Å². The molecule has 2 N–H and O–H groups in total. The van der Waals surface area contributed by atoms with Crippen molar-refractivity contribution < 1.29 is 4.42 Å². The number of hydrogen-bond donors (Lipinski definition) is 1. The van der Waals surface area contributed by atoms with Crippen LogP contribution in [0.3, 0.4) is 0 Å². The number of para-hydroxylation sites is 1. The fourth-order valence-corrected chi connectivity index (χ4v) is 1.92. The molecular weight excluding hydrogens is 202 g/mol. The van der Waals surface area contributed by atoms with Gasteiger partial charge in [-0.3, -0.25) is 0 Å². The average molecular weight is 211 g/mol. The van der Waals surface area contributed by atoms with Gasteiger partial charge in [-0.05, 0) is 17.5 Å². The highest BCUT2D eigenvalue weighted by Gasteiger charge is 2.07. The van der Waals surface area contributed by atoms with Crippen LogP contribution >= 0.6 is 0 Å². The van der Waals surface area contributed by atoms with Gasteiger partial charge in [0.05, 0.1) is 11.1 Å². The summed E-state index contributed by atoms with van der Waals surface area (Å²) < 4.78 is 5.23. The van der Waals surface area contributed by atoms with E-state index in [4.69, 9.17) is 10.2 Å². The number of benzene rings is 2. The third kappa shape index (κ3) is 1.11. The van der Waals surface area contributed by atoms with Crippen LogP contribution < -0.4 is 11.4 Å². The zero-order valence-corrected chi connectivity index (χ0v) is 8.44. The highest BCUT2D eigenvalue weighted by Crippen LogP contribution is 2.25. The van der Waals surface area contributed by atoms with Crippen LogP contribution in [0.2, 0.25) is 0 Å². The highest BCUT2D eigenvalue weighted by molar-refractivity contribution is 6.07. The van der Waals surface area contributed by atoms with Crippen molar-refractivity contribution in [3.63, 3.8) is 0 Å². The average Bonchev–Trinajstić information content (AvgIpc) is 2.31. The highest BCUT2D eigenvalue weighted by atomic mass is 16.4. The molecule has 3 heteroatoms. The predicted molar refractivity (Wildman–Crippen MR) is 64.4 cm³/mol. The summed E-state index contributed by atoms with van der Waals surface area (Å²) in [6, 6.07) is 12.8. The van der Waals surface area contributed by atoms with E-state index in [9.17, 15) is 4.79 Å². The molecule has 3 aromatic rings. The number of rotatable bonds is 0. The molecule has 0 unspecified atom stereocenters. The van der Waals surface area contributed by atoms with Crippen molar-refractivity contribution in [3.05, 3.63) is 52.9 Å². The van der Waals surface area contributed by atoms with Crippen LogP contribution in [0, 0.1) is 0 Å². The summed E-state index contributed by atoms with van der Waals surface area (Å²) in [5, 5.41) is 2.33. The molecule has 16 heavy (non-hydrogen) atoms. The smallest absolute Gasteiger partial charge is 0.344 e. The Morgan fingerprint density at radius 1 is 0.875 bits per heavy atom. The quantitative estimate of drug-likeness (QED) is 0.353. The first kappa shape index (κ1) is 8.97. The number of anilines is 1. The Hall–Kier alpha value is -2.29. The van der Waals surface area contributed by atoms with Gasteiger partial charge < -0.3 is 10.2 Å². The van der Waals surface area contributed by atoms with Crippen LogP contribution in [-0.4, -0.2) is 0 Å². The second-order valence-electron chi connectivity index (χ2n) is 3.66. The maximum Gasteiger partial charge on any atom is 0.344 e. The topological polar surface area (TPSA) is 56.2 Å². The molecule has 1 heterocycles. The van der Waals surface area contributed by atoms with Crippen LogP contribution in [-0.2, 0) is 0 Å². The van der Waals surface area contributed by atoms with Crippen molar-refractivity contribution in [2.45, 2.75) is 0 Å². The molecule has 0 saturated carbocycles. The van der Waals surface area contributed by atoms with Gasteiger partial charge in [0.25, 0.3) is 0 Å². The fraction of sp³-hybridized carbons (Fsp3) is 0. The molecule has 0 aliphatic heterocycles. The molecule has 1 aromatic heterocycles. The van der Waals surface area contributed by atoms with Crippen molar-refractivity contribution in [1.82, 2.24) is 0 Å². The summed E-state index contributed by atoms with van der Waals surface area (Å²) in [5.41, 5.74) is 6.39. The van der Waals surface area contributed by atoms with Gasteiger partial charge in [-0.25, -0.2) is 4.79 Å². The van der Waals surface area contributed by atoms with Crippen LogP contribution in [0.5, 0.6) is 0 Å². The molecule has 0 saturated heterocycles. The summed E-state index contributed by atoms with van der Waals surface area (Å²) in [5.74, 6) is 0. The summed E-state index contributed by atoms with van der Waals surface area (Å²) >= 11 is 0. The van der Waals surface area contributed by atoms with Gasteiger partial charge in [0.15, 0.2) is 5.58 Å². The first-order valence-corrected chi connectivity index (χ1v) is 4.97. The molecule has 78 valence electrons. The summed E-state index contributed by atoms with van der Waals surface area (Å²) in [4.78, 5) is 11.7. The molecule has 0 radical (unpaired) electrons. The molecule has 0 aliphatic carbocycles. The van der Waals surface area contributed by atoms with E-state index in [1.54, 1.807) is 12.1 Å². The molecule has 0 spiro atoms. The van der Waals surface area contributed by atoms with Crippen molar-refractivity contribution in [2.75, 3.05) is 5.73 Å². The van der Waals surface area contributed by atoms with E-state index in [0.717, 1.165) is 10.8 Å². The molecule has 0 fully saturated rings. The molecule has 0 bridgehead atoms. The Bertz CT molecular complexity index is 744. The molecule has 0 amide bonds. The lowest BCUT2D eigenvalue weighted by Gasteiger charge is -2.03. The maximum atomic E-state index is 11.7. The van der Waals surface area contributed by atoms with E-state index < -0.39 is 0 Å². The molecule has 0 aliphatic rings.